The van der Waals surface area contributed by atoms with Gasteiger partial charge in [-0.2, -0.15) is 0 Å². The van der Waals surface area contributed by atoms with Crippen LogP contribution < -0.4 is 21.9 Å². The smallest absolute Gasteiger partial charge is 0.276 e. The molecular weight excluding hydrogens is 252 g/mol. The maximum absolute atomic E-state index is 11.6. The van der Waals surface area contributed by atoms with E-state index in [9.17, 15) is 14.9 Å². The van der Waals surface area contributed by atoms with Gasteiger partial charge in [-0.25, -0.2) is 10.8 Å². The van der Waals surface area contributed by atoms with Gasteiger partial charge in [-0.05, 0) is 12.8 Å². The number of amides is 1. The van der Waals surface area contributed by atoms with Crippen LogP contribution in [-0.4, -0.2) is 28.4 Å². The monoisotopic (exact) mass is 266 g/mol. The first-order valence-corrected chi connectivity index (χ1v) is 5.77. The molecule has 0 aliphatic carbocycles. The average Bonchev–Trinajstić information content (AvgIpc) is 2.41. The minimum Gasteiger partial charge on any atom is -0.358 e. The molecule has 9 heteroatoms. The number of hydrogen-bond donors (Lipinski definition) is 4. The Bertz CT molecular complexity index is 506. The van der Waals surface area contributed by atoms with Gasteiger partial charge >= 0.3 is 0 Å². The molecule has 1 unspecified atom stereocenters. The van der Waals surface area contributed by atoms with Gasteiger partial charge in [0.15, 0.2) is 0 Å². The summed E-state index contributed by atoms with van der Waals surface area (Å²) in [7, 11) is 0. The van der Waals surface area contributed by atoms with E-state index in [1.807, 2.05) is 0 Å². The third-order valence-corrected chi connectivity index (χ3v) is 2.78. The van der Waals surface area contributed by atoms with Crippen LogP contribution in [0.25, 0.3) is 0 Å². The summed E-state index contributed by atoms with van der Waals surface area (Å²) in [5, 5.41) is 16.4. The Balaban J connectivity index is 2.21. The van der Waals surface area contributed by atoms with Crippen molar-refractivity contribution in [3.63, 3.8) is 0 Å². The number of hydrazine groups is 1. The first kappa shape index (κ1) is 13.0. The Morgan fingerprint density at radius 1 is 1.47 bits per heavy atom. The molecule has 1 aliphatic heterocycles. The predicted octanol–water partition coefficient (Wildman–Crippen LogP) is -0.0341. The van der Waals surface area contributed by atoms with Crippen LogP contribution in [0.2, 0.25) is 0 Å². The van der Waals surface area contributed by atoms with Crippen LogP contribution in [0.5, 0.6) is 0 Å². The SMILES string of the molecule is NNc1cc([N+](=O)[O-])cc(NC2CCCNC2=O)n1. The van der Waals surface area contributed by atoms with Gasteiger partial charge in [0.1, 0.15) is 17.7 Å². The second kappa shape index (κ2) is 5.48. The lowest BCUT2D eigenvalue weighted by molar-refractivity contribution is -0.384. The van der Waals surface area contributed by atoms with Crippen molar-refractivity contribution in [1.29, 1.82) is 0 Å². The quantitative estimate of drug-likeness (QED) is 0.341. The maximum atomic E-state index is 11.6. The highest BCUT2D eigenvalue weighted by atomic mass is 16.6. The molecule has 0 bridgehead atoms. The molecular formula is C10H14N6O3. The Labute approximate surface area is 108 Å². The van der Waals surface area contributed by atoms with Crippen molar-refractivity contribution >= 4 is 23.2 Å². The van der Waals surface area contributed by atoms with Gasteiger partial charge in [0.05, 0.1) is 17.1 Å². The Morgan fingerprint density at radius 3 is 2.84 bits per heavy atom. The number of carbonyl (C=O) groups is 1. The van der Waals surface area contributed by atoms with E-state index in [1.54, 1.807) is 0 Å². The predicted molar refractivity (Wildman–Crippen MR) is 68.4 cm³/mol. The van der Waals surface area contributed by atoms with Crippen LogP contribution in [-0.2, 0) is 4.79 Å². The number of nitrogens with two attached hydrogens (primary N) is 1. The standard InChI is InChI=1S/C10H14N6O3/c11-15-9-5-6(16(18)19)4-8(14-9)13-7-2-1-3-12-10(7)17/h4-5,7H,1-3,11H2,(H,12,17)(H2,13,14,15). The first-order valence-electron chi connectivity index (χ1n) is 5.77. The highest BCUT2D eigenvalue weighted by Crippen LogP contribution is 2.21. The summed E-state index contributed by atoms with van der Waals surface area (Å²) < 4.78 is 0. The van der Waals surface area contributed by atoms with Crippen LogP contribution >= 0.6 is 0 Å². The fraction of sp³-hybridized carbons (Fsp3) is 0.400. The van der Waals surface area contributed by atoms with E-state index in [2.05, 4.69) is 21.0 Å². The van der Waals surface area contributed by atoms with Gasteiger partial charge in [0.2, 0.25) is 5.91 Å². The lowest BCUT2D eigenvalue weighted by Crippen LogP contribution is -2.44. The molecule has 1 aliphatic rings. The molecule has 2 heterocycles. The molecule has 0 saturated carbocycles. The summed E-state index contributed by atoms with van der Waals surface area (Å²) in [6.07, 6.45) is 1.50. The third-order valence-electron chi connectivity index (χ3n) is 2.78. The van der Waals surface area contributed by atoms with Gasteiger partial charge in [0, 0.05) is 6.54 Å². The van der Waals surface area contributed by atoms with Crippen molar-refractivity contribution < 1.29 is 9.72 Å². The second-order valence-electron chi connectivity index (χ2n) is 4.13. The van der Waals surface area contributed by atoms with Crippen molar-refractivity contribution in [2.75, 3.05) is 17.3 Å². The molecule has 5 N–H and O–H groups in total. The Hall–Kier alpha value is -2.42. The molecule has 1 atom stereocenters. The minimum absolute atomic E-state index is 0.137. The van der Waals surface area contributed by atoms with Gasteiger partial charge < -0.3 is 16.1 Å². The number of hydrogen-bond acceptors (Lipinski definition) is 7. The fourth-order valence-electron chi connectivity index (χ4n) is 1.86. The molecule has 1 fully saturated rings. The zero-order valence-corrected chi connectivity index (χ0v) is 10.0. The van der Waals surface area contributed by atoms with Gasteiger partial charge in [-0.15, -0.1) is 0 Å². The highest BCUT2D eigenvalue weighted by Gasteiger charge is 2.23. The highest BCUT2D eigenvalue weighted by molar-refractivity contribution is 5.85. The van der Waals surface area contributed by atoms with Crippen molar-refractivity contribution in [1.82, 2.24) is 10.3 Å². The maximum Gasteiger partial charge on any atom is 0.276 e. The summed E-state index contributed by atoms with van der Waals surface area (Å²) in [4.78, 5) is 25.9. The van der Waals surface area contributed by atoms with Crippen LogP contribution in [0, 0.1) is 10.1 Å². The van der Waals surface area contributed by atoms with E-state index < -0.39 is 11.0 Å². The van der Waals surface area contributed by atoms with Crippen molar-refractivity contribution in [2.45, 2.75) is 18.9 Å². The zero-order chi connectivity index (χ0) is 13.8. The lowest BCUT2D eigenvalue weighted by Gasteiger charge is -2.23. The number of aromatic nitrogens is 1. The normalized spacial score (nSPS) is 18.6. The van der Waals surface area contributed by atoms with E-state index in [0.29, 0.717) is 13.0 Å². The number of nitrogens with zero attached hydrogens (tertiary/aromatic N) is 2. The Morgan fingerprint density at radius 2 is 2.21 bits per heavy atom. The van der Waals surface area contributed by atoms with E-state index >= 15 is 0 Å². The molecule has 1 aromatic rings. The molecule has 102 valence electrons. The summed E-state index contributed by atoms with van der Waals surface area (Å²) in [5.41, 5.74) is 2.10. The summed E-state index contributed by atoms with van der Waals surface area (Å²) in [5.74, 6) is 5.47. The van der Waals surface area contributed by atoms with E-state index in [-0.39, 0.29) is 23.2 Å². The number of rotatable bonds is 4. The van der Waals surface area contributed by atoms with Crippen LogP contribution in [0.15, 0.2) is 12.1 Å². The number of nitrogens with one attached hydrogen (secondary N) is 3. The summed E-state index contributed by atoms with van der Waals surface area (Å²) in [6.45, 7) is 0.648. The number of nitro groups is 1. The fourth-order valence-corrected chi connectivity index (χ4v) is 1.86. The topological polar surface area (TPSA) is 135 Å². The number of nitrogen functional groups attached to an aromatic ring is 1. The van der Waals surface area contributed by atoms with E-state index in [4.69, 9.17) is 5.84 Å². The number of pyridine rings is 1. The van der Waals surface area contributed by atoms with Crippen LogP contribution in [0.4, 0.5) is 17.3 Å². The summed E-state index contributed by atoms with van der Waals surface area (Å²) >= 11 is 0. The average molecular weight is 266 g/mol. The number of piperidine rings is 1. The second-order valence-corrected chi connectivity index (χ2v) is 4.13. The van der Waals surface area contributed by atoms with Gasteiger partial charge in [-0.3, -0.25) is 14.9 Å². The van der Waals surface area contributed by atoms with E-state index in [1.165, 1.54) is 12.1 Å². The zero-order valence-electron chi connectivity index (χ0n) is 10.0. The van der Waals surface area contributed by atoms with Crippen molar-refractivity contribution in [3.05, 3.63) is 22.2 Å². The summed E-state index contributed by atoms with van der Waals surface area (Å²) in [6, 6.07) is 2.04. The molecule has 0 radical (unpaired) electrons. The molecule has 1 aromatic heterocycles. The molecule has 1 amide bonds. The molecule has 2 rings (SSSR count). The largest absolute Gasteiger partial charge is 0.358 e. The molecule has 1 saturated heterocycles. The first-order chi connectivity index (χ1) is 9.10. The number of carbonyl (C=O) groups excluding carboxylic acids is 1. The lowest BCUT2D eigenvalue weighted by atomic mass is 10.1. The molecule has 19 heavy (non-hydrogen) atoms. The van der Waals surface area contributed by atoms with Crippen LogP contribution in [0.1, 0.15) is 12.8 Å². The van der Waals surface area contributed by atoms with Crippen molar-refractivity contribution in [2.24, 2.45) is 5.84 Å². The van der Waals surface area contributed by atoms with Gasteiger partial charge in [-0.1, -0.05) is 0 Å². The Kier molecular flexibility index (Phi) is 3.76. The number of anilines is 2. The molecule has 0 aromatic carbocycles. The van der Waals surface area contributed by atoms with Gasteiger partial charge in [0.25, 0.3) is 5.69 Å². The molecule has 9 nitrogen and oxygen atoms in total. The minimum atomic E-state index is -0.547. The van der Waals surface area contributed by atoms with E-state index in [0.717, 1.165) is 6.42 Å². The third kappa shape index (κ3) is 3.07. The van der Waals surface area contributed by atoms with Crippen LogP contribution in [0.3, 0.4) is 0 Å². The van der Waals surface area contributed by atoms with Crippen molar-refractivity contribution in [3.8, 4) is 0 Å². The molecule has 0 spiro atoms.